The zero-order valence-electron chi connectivity index (χ0n) is 9.85. The van der Waals surface area contributed by atoms with E-state index in [4.69, 9.17) is 10.5 Å². The van der Waals surface area contributed by atoms with Crippen LogP contribution in [0.4, 0.5) is 11.4 Å². The molecule has 1 aromatic carbocycles. The first kappa shape index (κ1) is 10.4. The summed E-state index contributed by atoms with van der Waals surface area (Å²) in [5, 5.41) is 0. The molecule has 0 aliphatic carbocycles. The molecule has 4 nitrogen and oxygen atoms in total. The number of likely N-dealkylation sites (tertiary alicyclic amines) is 1. The number of hydrogen-bond acceptors (Lipinski definition) is 4. The second-order valence-corrected chi connectivity index (χ2v) is 4.59. The Balaban J connectivity index is 1.86. The summed E-state index contributed by atoms with van der Waals surface area (Å²) >= 11 is 0. The Labute approximate surface area is 101 Å². The highest BCUT2D eigenvalue weighted by Crippen LogP contribution is 2.33. The maximum Gasteiger partial charge on any atom is 0.147 e. The molecule has 4 heteroatoms. The second-order valence-electron chi connectivity index (χ2n) is 4.59. The number of aliphatic imine (C=N–C) groups is 1. The molecule has 0 aromatic heterocycles. The predicted molar refractivity (Wildman–Crippen MR) is 68.9 cm³/mol. The molecule has 2 aliphatic rings. The Morgan fingerprint density at radius 2 is 2.00 bits per heavy atom. The lowest BCUT2D eigenvalue weighted by Gasteiger charge is -2.31. The average Bonchev–Trinajstić information content (AvgIpc) is 2.39. The lowest BCUT2D eigenvalue weighted by Crippen LogP contribution is -2.39. The van der Waals surface area contributed by atoms with Gasteiger partial charge in [-0.05, 0) is 31.4 Å². The molecule has 90 valence electrons. The summed E-state index contributed by atoms with van der Waals surface area (Å²) in [7, 11) is 0. The average molecular weight is 231 g/mol. The summed E-state index contributed by atoms with van der Waals surface area (Å²) in [5.41, 5.74) is 7.34. The molecule has 2 heterocycles. The summed E-state index contributed by atoms with van der Waals surface area (Å²) in [6.07, 6.45) is 3.85. The summed E-state index contributed by atoms with van der Waals surface area (Å²) in [4.78, 5) is 7.01. The first-order valence-electron chi connectivity index (χ1n) is 6.18. The maximum absolute atomic E-state index is 5.72. The molecule has 1 saturated heterocycles. The fourth-order valence-corrected chi connectivity index (χ4v) is 2.37. The Kier molecular flexibility index (Phi) is 2.63. The van der Waals surface area contributed by atoms with E-state index in [-0.39, 0.29) is 0 Å². The van der Waals surface area contributed by atoms with Gasteiger partial charge in [-0.3, -0.25) is 0 Å². The van der Waals surface area contributed by atoms with Crippen LogP contribution in [0.1, 0.15) is 19.3 Å². The van der Waals surface area contributed by atoms with Gasteiger partial charge in [0.25, 0.3) is 0 Å². The molecule has 0 radical (unpaired) electrons. The molecule has 2 aliphatic heterocycles. The van der Waals surface area contributed by atoms with Gasteiger partial charge >= 0.3 is 0 Å². The van der Waals surface area contributed by atoms with Crippen LogP contribution in [-0.2, 0) is 0 Å². The van der Waals surface area contributed by atoms with Crippen LogP contribution in [0.15, 0.2) is 23.2 Å². The van der Waals surface area contributed by atoms with Gasteiger partial charge in [-0.1, -0.05) is 0 Å². The van der Waals surface area contributed by atoms with Crippen molar-refractivity contribution in [3.8, 4) is 5.75 Å². The van der Waals surface area contributed by atoms with Crippen LogP contribution >= 0.6 is 0 Å². The van der Waals surface area contributed by atoms with Gasteiger partial charge in [0.05, 0.1) is 0 Å². The second kappa shape index (κ2) is 4.28. The predicted octanol–water partition coefficient (Wildman–Crippen LogP) is 2.18. The number of amidine groups is 1. The Morgan fingerprint density at radius 3 is 2.82 bits per heavy atom. The van der Waals surface area contributed by atoms with Crippen molar-refractivity contribution in [2.45, 2.75) is 19.3 Å². The SMILES string of the molecule is Nc1ccc2c(c1)OCC(N1CCCCC1)=N2. The molecule has 0 atom stereocenters. The van der Waals surface area contributed by atoms with Gasteiger partial charge in [0.2, 0.25) is 0 Å². The van der Waals surface area contributed by atoms with Crippen molar-refractivity contribution >= 4 is 17.2 Å². The number of piperidine rings is 1. The number of nitrogen functional groups attached to an aromatic ring is 1. The van der Waals surface area contributed by atoms with Crippen LogP contribution in [0.3, 0.4) is 0 Å². The van der Waals surface area contributed by atoms with E-state index < -0.39 is 0 Å². The van der Waals surface area contributed by atoms with Crippen molar-refractivity contribution in [1.82, 2.24) is 4.90 Å². The lowest BCUT2D eigenvalue weighted by atomic mass is 10.1. The third-order valence-electron chi connectivity index (χ3n) is 3.31. The van der Waals surface area contributed by atoms with Crippen molar-refractivity contribution in [3.63, 3.8) is 0 Å². The molecule has 1 aromatic rings. The third-order valence-corrected chi connectivity index (χ3v) is 3.31. The smallest absolute Gasteiger partial charge is 0.147 e. The van der Waals surface area contributed by atoms with Gasteiger partial charge in [-0.15, -0.1) is 0 Å². The number of nitrogens with zero attached hydrogens (tertiary/aromatic N) is 2. The standard InChI is InChI=1S/C13H17N3O/c14-10-4-5-11-12(8-10)17-9-13(15-11)16-6-2-1-3-7-16/h4-5,8H,1-3,6-7,9,14H2. The van der Waals surface area contributed by atoms with Gasteiger partial charge in [-0.2, -0.15) is 0 Å². The van der Waals surface area contributed by atoms with Crippen molar-refractivity contribution in [1.29, 1.82) is 0 Å². The highest BCUT2D eigenvalue weighted by molar-refractivity contribution is 5.89. The van der Waals surface area contributed by atoms with Gasteiger partial charge in [0, 0.05) is 24.8 Å². The van der Waals surface area contributed by atoms with Gasteiger partial charge in [0.15, 0.2) is 0 Å². The van der Waals surface area contributed by atoms with Crippen LogP contribution in [0.25, 0.3) is 0 Å². The number of hydrogen-bond donors (Lipinski definition) is 1. The minimum atomic E-state index is 0.566. The molecule has 2 N–H and O–H groups in total. The number of rotatable bonds is 0. The number of anilines is 1. The van der Waals surface area contributed by atoms with Gasteiger partial charge in [-0.25, -0.2) is 4.99 Å². The first-order chi connectivity index (χ1) is 8.33. The zero-order valence-corrected chi connectivity index (χ0v) is 9.85. The monoisotopic (exact) mass is 231 g/mol. The fraction of sp³-hybridized carbons (Fsp3) is 0.462. The van der Waals surface area contributed by atoms with Crippen molar-refractivity contribution in [2.75, 3.05) is 25.4 Å². The molecule has 17 heavy (non-hydrogen) atoms. The molecule has 0 saturated carbocycles. The minimum Gasteiger partial charge on any atom is -0.483 e. The minimum absolute atomic E-state index is 0.566. The molecular weight excluding hydrogens is 214 g/mol. The summed E-state index contributed by atoms with van der Waals surface area (Å²) in [5.74, 6) is 1.85. The van der Waals surface area contributed by atoms with Crippen LogP contribution in [0.2, 0.25) is 0 Å². The Bertz CT molecular complexity index is 450. The normalized spacial score (nSPS) is 19.3. The van der Waals surface area contributed by atoms with E-state index >= 15 is 0 Å². The van der Waals surface area contributed by atoms with E-state index in [2.05, 4.69) is 9.89 Å². The number of ether oxygens (including phenoxy) is 1. The first-order valence-corrected chi connectivity index (χ1v) is 6.18. The molecule has 0 spiro atoms. The zero-order chi connectivity index (χ0) is 11.7. The summed E-state index contributed by atoms with van der Waals surface area (Å²) in [6, 6.07) is 5.63. The van der Waals surface area contributed by atoms with E-state index in [0.717, 1.165) is 36.0 Å². The summed E-state index contributed by atoms with van der Waals surface area (Å²) < 4.78 is 5.72. The van der Waals surface area contributed by atoms with Crippen molar-refractivity contribution < 1.29 is 4.74 Å². The highest BCUT2D eigenvalue weighted by Gasteiger charge is 2.20. The van der Waals surface area contributed by atoms with E-state index in [1.54, 1.807) is 0 Å². The van der Waals surface area contributed by atoms with Crippen molar-refractivity contribution in [2.24, 2.45) is 4.99 Å². The van der Waals surface area contributed by atoms with E-state index in [1.165, 1.54) is 19.3 Å². The lowest BCUT2D eigenvalue weighted by molar-refractivity contribution is 0.298. The van der Waals surface area contributed by atoms with E-state index in [9.17, 15) is 0 Å². The number of nitrogens with two attached hydrogens (primary N) is 1. The Morgan fingerprint density at radius 1 is 1.18 bits per heavy atom. The molecule has 3 rings (SSSR count). The van der Waals surface area contributed by atoms with Crippen molar-refractivity contribution in [3.05, 3.63) is 18.2 Å². The molecule has 0 bridgehead atoms. The van der Waals surface area contributed by atoms with E-state index in [1.807, 2.05) is 18.2 Å². The number of fused-ring (bicyclic) bond motifs is 1. The third kappa shape index (κ3) is 2.07. The van der Waals surface area contributed by atoms with E-state index in [0.29, 0.717) is 6.61 Å². The largest absolute Gasteiger partial charge is 0.483 e. The van der Waals surface area contributed by atoms with Crippen LogP contribution < -0.4 is 10.5 Å². The Hall–Kier alpha value is -1.71. The number of benzene rings is 1. The quantitative estimate of drug-likeness (QED) is 0.696. The summed E-state index contributed by atoms with van der Waals surface area (Å²) in [6.45, 7) is 2.77. The molecular formula is C13H17N3O. The van der Waals surface area contributed by atoms with Gasteiger partial charge < -0.3 is 15.4 Å². The topological polar surface area (TPSA) is 50.9 Å². The van der Waals surface area contributed by atoms with Crippen LogP contribution in [-0.4, -0.2) is 30.4 Å². The molecule has 1 fully saturated rings. The molecule has 0 amide bonds. The fourth-order valence-electron chi connectivity index (χ4n) is 2.37. The maximum atomic E-state index is 5.72. The van der Waals surface area contributed by atoms with Gasteiger partial charge in [0.1, 0.15) is 23.9 Å². The highest BCUT2D eigenvalue weighted by atomic mass is 16.5. The molecule has 0 unspecified atom stereocenters. The van der Waals surface area contributed by atoms with Crippen LogP contribution in [0.5, 0.6) is 5.75 Å². The van der Waals surface area contributed by atoms with Crippen LogP contribution in [0, 0.1) is 0 Å².